The van der Waals surface area contributed by atoms with Crippen molar-refractivity contribution in [3.8, 4) is 0 Å². The molecular weight excluding hydrogens is 282 g/mol. The van der Waals surface area contributed by atoms with Crippen LogP contribution in [0.1, 0.15) is 18.3 Å². The van der Waals surface area contributed by atoms with Gasteiger partial charge in [-0.15, -0.1) is 0 Å². The van der Waals surface area contributed by atoms with Gasteiger partial charge in [0.2, 0.25) is 0 Å². The molecule has 0 bridgehead atoms. The minimum Gasteiger partial charge on any atom is -0.377 e. The third-order valence-corrected chi connectivity index (χ3v) is 3.77. The molecule has 1 saturated heterocycles. The predicted octanol–water partition coefficient (Wildman–Crippen LogP) is 1.13. The summed E-state index contributed by atoms with van der Waals surface area (Å²) in [7, 11) is 0. The van der Waals surface area contributed by atoms with Crippen molar-refractivity contribution in [2.75, 3.05) is 32.8 Å². The van der Waals surface area contributed by atoms with Crippen molar-refractivity contribution in [1.29, 1.82) is 0 Å². The summed E-state index contributed by atoms with van der Waals surface area (Å²) in [6.45, 7) is 2.67. The lowest BCUT2D eigenvalue weighted by atomic mass is 10.2. The van der Waals surface area contributed by atoms with Crippen molar-refractivity contribution >= 4 is 17.6 Å². The molecule has 1 N–H and O–H groups in total. The molecule has 0 aliphatic carbocycles. The summed E-state index contributed by atoms with van der Waals surface area (Å²) in [6.07, 6.45) is 4.19. The summed E-state index contributed by atoms with van der Waals surface area (Å²) >= 11 is 6.03. The number of nitrogens with zero attached hydrogens (tertiary/aromatic N) is 4. The lowest BCUT2D eigenvalue weighted by Crippen LogP contribution is -2.51. The predicted molar refractivity (Wildman–Crippen MR) is 72.2 cm³/mol. The van der Waals surface area contributed by atoms with Crippen LogP contribution in [0.2, 0.25) is 0 Å². The van der Waals surface area contributed by atoms with Gasteiger partial charge < -0.3 is 14.5 Å². The first-order valence-electron chi connectivity index (χ1n) is 6.59. The number of hydrogen-bond acceptors (Lipinski definition) is 4. The normalized spacial score (nSPS) is 23.6. The summed E-state index contributed by atoms with van der Waals surface area (Å²) in [4.78, 5) is 20.3. The molecule has 1 fully saturated rings. The minimum absolute atomic E-state index is 0.0269. The Labute approximate surface area is 121 Å². The fourth-order valence-corrected chi connectivity index (χ4v) is 2.74. The molecule has 1 unspecified atom stereocenters. The second-order valence-electron chi connectivity index (χ2n) is 4.80. The Bertz CT molecular complexity index is 504. The maximum atomic E-state index is 12.7. The van der Waals surface area contributed by atoms with E-state index in [-0.39, 0.29) is 12.1 Å². The molecule has 2 aliphatic heterocycles. The third kappa shape index (κ3) is 2.64. The Morgan fingerprint density at radius 2 is 2.40 bits per heavy atom. The summed E-state index contributed by atoms with van der Waals surface area (Å²) in [5.41, 5.74) is 0. The van der Waals surface area contributed by atoms with E-state index in [2.05, 4.69) is 15.2 Å². The zero-order valence-corrected chi connectivity index (χ0v) is 11.7. The summed E-state index contributed by atoms with van der Waals surface area (Å²) < 4.78 is 5.46. The van der Waals surface area contributed by atoms with Crippen LogP contribution in [-0.2, 0) is 4.74 Å². The van der Waals surface area contributed by atoms with Crippen LogP contribution in [0.3, 0.4) is 0 Å². The van der Waals surface area contributed by atoms with E-state index in [1.54, 1.807) is 9.80 Å². The summed E-state index contributed by atoms with van der Waals surface area (Å²) in [6, 6.07) is -0.246. The van der Waals surface area contributed by atoms with Gasteiger partial charge in [-0.05, 0) is 6.42 Å². The molecule has 3 rings (SSSR count). The molecule has 1 aromatic rings. The molecule has 1 atom stereocenters. The number of aromatic amines is 1. The molecule has 0 radical (unpaired) electrons. The highest BCUT2D eigenvalue weighted by Gasteiger charge is 2.33. The van der Waals surface area contributed by atoms with Crippen LogP contribution in [0.4, 0.5) is 4.79 Å². The number of urea groups is 1. The fourth-order valence-electron chi connectivity index (χ4n) is 2.48. The molecule has 1 aromatic heterocycles. The first-order valence-corrected chi connectivity index (χ1v) is 6.96. The zero-order valence-electron chi connectivity index (χ0n) is 11.0. The molecular formula is C12H16ClN5O2. The number of hydrogen-bond donors (Lipinski definition) is 1. The topological polar surface area (TPSA) is 74.3 Å². The number of H-pyrrole nitrogens is 1. The standard InChI is InChI=1S/C12H16ClN5O2/c13-9-2-1-3-17(6-9)12(19)18-4-5-20-7-10(18)11-14-8-15-16-11/h2,8,10H,1,3-7H2,(H,14,15,16). The molecule has 108 valence electrons. The van der Waals surface area contributed by atoms with Crippen molar-refractivity contribution in [1.82, 2.24) is 25.0 Å². The van der Waals surface area contributed by atoms with Crippen LogP contribution in [0, 0.1) is 0 Å². The Hall–Kier alpha value is -1.60. The van der Waals surface area contributed by atoms with E-state index in [9.17, 15) is 4.79 Å². The Morgan fingerprint density at radius 3 is 3.15 bits per heavy atom. The SMILES string of the molecule is O=C(N1CCC=C(Cl)C1)N1CCOCC1c1ncn[nH]1. The van der Waals surface area contributed by atoms with Gasteiger partial charge in [0.25, 0.3) is 0 Å². The van der Waals surface area contributed by atoms with E-state index in [0.29, 0.717) is 43.7 Å². The first kappa shape index (κ1) is 13.4. The van der Waals surface area contributed by atoms with Gasteiger partial charge in [-0.3, -0.25) is 5.10 Å². The van der Waals surface area contributed by atoms with E-state index in [0.717, 1.165) is 6.42 Å². The molecule has 7 nitrogen and oxygen atoms in total. The fraction of sp³-hybridized carbons (Fsp3) is 0.583. The van der Waals surface area contributed by atoms with Crippen LogP contribution >= 0.6 is 11.6 Å². The largest absolute Gasteiger partial charge is 0.377 e. The van der Waals surface area contributed by atoms with Gasteiger partial charge in [0.15, 0.2) is 0 Å². The molecule has 0 aromatic carbocycles. The number of carbonyl (C=O) groups excluding carboxylic acids is 1. The van der Waals surface area contributed by atoms with Gasteiger partial charge in [-0.1, -0.05) is 17.7 Å². The highest BCUT2D eigenvalue weighted by molar-refractivity contribution is 6.30. The molecule has 2 amide bonds. The number of nitrogens with one attached hydrogen (secondary N) is 1. The van der Waals surface area contributed by atoms with Crippen LogP contribution in [0.15, 0.2) is 17.4 Å². The van der Waals surface area contributed by atoms with Crippen LogP contribution in [-0.4, -0.2) is 63.9 Å². The van der Waals surface area contributed by atoms with E-state index < -0.39 is 0 Å². The number of rotatable bonds is 1. The maximum absolute atomic E-state index is 12.7. The van der Waals surface area contributed by atoms with E-state index in [1.165, 1.54) is 6.33 Å². The maximum Gasteiger partial charge on any atom is 0.321 e. The van der Waals surface area contributed by atoms with Gasteiger partial charge in [0.1, 0.15) is 18.2 Å². The number of carbonyl (C=O) groups is 1. The Morgan fingerprint density at radius 1 is 1.50 bits per heavy atom. The van der Waals surface area contributed by atoms with Crippen LogP contribution < -0.4 is 0 Å². The average Bonchev–Trinajstić information content (AvgIpc) is 3.00. The number of ether oxygens (including phenoxy) is 1. The zero-order chi connectivity index (χ0) is 13.9. The quantitative estimate of drug-likeness (QED) is 0.843. The van der Waals surface area contributed by atoms with Gasteiger partial charge in [0.05, 0.1) is 19.8 Å². The van der Waals surface area contributed by atoms with E-state index in [1.807, 2.05) is 6.08 Å². The monoisotopic (exact) mass is 297 g/mol. The highest BCUT2D eigenvalue weighted by Crippen LogP contribution is 2.24. The van der Waals surface area contributed by atoms with Crippen LogP contribution in [0.25, 0.3) is 0 Å². The number of halogens is 1. The lowest BCUT2D eigenvalue weighted by Gasteiger charge is -2.38. The molecule has 0 spiro atoms. The van der Waals surface area contributed by atoms with Gasteiger partial charge in [-0.25, -0.2) is 9.78 Å². The molecule has 8 heteroatoms. The Balaban J connectivity index is 1.76. The number of aromatic nitrogens is 3. The third-order valence-electron chi connectivity index (χ3n) is 3.50. The average molecular weight is 298 g/mol. The summed E-state index contributed by atoms with van der Waals surface area (Å²) in [5.74, 6) is 0.650. The highest BCUT2D eigenvalue weighted by atomic mass is 35.5. The molecule has 0 saturated carbocycles. The molecule has 3 heterocycles. The molecule has 2 aliphatic rings. The van der Waals surface area contributed by atoms with E-state index >= 15 is 0 Å². The second kappa shape index (κ2) is 5.80. The van der Waals surface area contributed by atoms with Gasteiger partial charge >= 0.3 is 6.03 Å². The molecule has 20 heavy (non-hydrogen) atoms. The van der Waals surface area contributed by atoms with Crippen LogP contribution in [0.5, 0.6) is 0 Å². The smallest absolute Gasteiger partial charge is 0.321 e. The number of morpholine rings is 1. The van der Waals surface area contributed by atoms with Crippen molar-refractivity contribution in [3.05, 3.63) is 23.3 Å². The van der Waals surface area contributed by atoms with Crippen molar-refractivity contribution in [2.24, 2.45) is 0 Å². The van der Waals surface area contributed by atoms with Crippen molar-refractivity contribution in [2.45, 2.75) is 12.5 Å². The van der Waals surface area contributed by atoms with Crippen molar-refractivity contribution in [3.63, 3.8) is 0 Å². The van der Waals surface area contributed by atoms with Gasteiger partial charge in [-0.2, -0.15) is 5.10 Å². The minimum atomic E-state index is -0.219. The first-order chi connectivity index (χ1) is 9.75. The van der Waals surface area contributed by atoms with Crippen molar-refractivity contribution < 1.29 is 9.53 Å². The Kier molecular flexibility index (Phi) is 3.88. The second-order valence-corrected chi connectivity index (χ2v) is 5.28. The number of amides is 2. The summed E-state index contributed by atoms with van der Waals surface area (Å²) in [5, 5.41) is 7.37. The van der Waals surface area contributed by atoms with Gasteiger partial charge in [0, 0.05) is 18.1 Å². The van der Waals surface area contributed by atoms with E-state index in [4.69, 9.17) is 16.3 Å². The lowest BCUT2D eigenvalue weighted by molar-refractivity contribution is 0.000798.